The number of alkyl halides is 3. The van der Waals surface area contributed by atoms with Crippen molar-refractivity contribution in [3.05, 3.63) is 88.1 Å². The monoisotopic (exact) mass is 494 g/mol. The highest BCUT2D eigenvalue weighted by Crippen LogP contribution is 2.32. The molecule has 4 rings (SSSR count). The van der Waals surface area contributed by atoms with Gasteiger partial charge in [0.15, 0.2) is 0 Å². The highest BCUT2D eigenvalue weighted by atomic mass is 19.4. The van der Waals surface area contributed by atoms with Gasteiger partial charge < -0.3 is 4.90 Å². The second-order valence-electron chi connectivity index (χ2n) is 8.26. The zero-order chi connectivity index (χ0) is 26.2. The number of rotatable bonds is 5. The fourth-order valence-corrected chi connectivity index (χ4v) is 3.90. The summed E-state index contributed by atoms with van der Waals surface area (Å²) in [6, 6.07) is 14.7. The van der Waals surface area contributed by atoms with Crippen molar-refractivity contribution in [2.45, 2.75) is 19.6 Å². The lowest BCUT2D eigenvalue weighted by Crippen LogP contribution is -2.32. The Balaban J connectivity index is 1.96. The van der Waals surface area contributed by atoms with Crippen LogP contribution in [0.2, 0.25) is 0 Å². The van der Waals surface area contributed by atoms with Crippen molar-refractivity contribution < 1.29 is 18.0 Å². The van der Waals surface area contributed by atoms with Crippen LogP contribution in [0.25, 0.3) is 22.8 Å². The Hall–Kier alpha value is -4.59. The lowest BCUT2D eigenvalue weighted by Gasteiger charge is -2.14. The van der Waals surface area contributed by atoms with Crippen molar-refractivity contribution in [2.75, 3.05) is 14.1 Å². The Bertz CT molecular complexity index is 1540. The Kier molecular flexibility index (Phi) is 6.28. The molecule has 0 saturated heterocycles. The van der Waals surface area contributed by atoms with Gasteiger partial charge in [-0.15, -0.1) is 0 Å². The van der Waals surface area contributed by atoms with Crippen molar-refractivity contribution in [3.63, 3.8) is 0 Å². The van der Waals surface area contributed by atoms with Crippen LogP contribution in [-0.4, -0.2) is 43.8 Å². The molecule has 36 heavy (non-hydrogen) atoms. The average Bonchev–Trinajstić information content (AvgIpc) is 3.41. The molecule has 0 unspecified atom stereocenters. The summed E-state index contributed by atoms with van der Waals surface area (Å²) in [5.74, 6) is -0.371. The molecule has 11 heteroatoms. The molecule has 0 aliphatic carbocycles. The minimum absolute atomic E-state index is 0.0223. The molecule has 0 spiro atoms. The molecule has 0 aliphatic rings. The van der Waals surface area contributed by atoms with Gasteiger partial charge in [-0.05, 0) is 55.5 Å². The van der Waals surface area contributed by atoms with Crippen molar-refractivity contribution in [1.82, 2.24) is 23.8 Å². The maximum atomic E-state index is 13.6. The molecule has 0 fully saturated rings. The van der Waals surface area contributed by atoms with E-state index in [1.807, 2.05) is 6.07 Å². The highest BCUT2D eigenvalue weighted by Gasteiger charge is 2.31. The number of halogens is 3. The van der Waals surface area contributed by atoms with E-state index in [4.69, 9.17) is 5.26 Å². The Morgan fingerprint density at radius 2 is 1.78 bits per heavy atom. The predicted molar refractivity (Wildman–Crippen MR) is 126 cm³/mol. The smallest absolute Gasteiger partial charge is 0.347 e. The SMILES string of the molecule is Cc1c(-c2ccnn2-c2ccc(C#N)cc2)n(CC(=O)N(C)C)c(=O)n1-c1cccc(C(F)(F)F)c1. The van der Waals surface area contributed by atoms with Gasteiger partial charge in [-0.3, -0.25) is 13.9 Å². The van der Waals surface area contributed by atoms with Gasteiger partial charge in [0.1, 0.15) is 6.54 Å². The molecule has 2 heterocycles. The number of carbonyl (C=O) groups is 1. The molecule has 2 aromatic heterocycles. The zero-order valence-electron chi connectivity index (χ0n) is 19.6. The van der Waals surface area contributed by atoms with E-state index in [-0.39, 0.29) is 18.1 Å². The van der Waals surface area contributed by atoms with E-state index >= 15 is 0 Å². The third-order valence-electron chi connectivity index (χ3n) is 5.72. The fraction of sp³-hybridized carbons (Fsp3) is 0.200. The zero-order valence-corrected chi connectivity index (χ0v) is 19.6. The van der Waals surface area contributed by atoms with Crippen LogP contribution in [0.5, 0.6) is 0 Å². The van der Waals surface area contributed by atoms with Crippen LogP contribution in [0.3, 0.4) is 0 Å². The Morgan fingerprint density at radius 1 is 1.08 bits per heavy atom. The quantitative estimate of drug-likeness (QED) is 0.423. The maximum Gasteiger partial charge on any atom is 0.416 e. The van der Waals surface area contributed by atoms with E-state index in [1.54, 1.807) is 51.4 Å². The summed E-state index contributed by atoms with van der Waals surface area (Å²) in [6.07, 6.45) is -3.08. The third-order valence-corrected chi connectivity index (χ3v) is 5.72. The van der Waals surface area contributed by atoms with E-state index in [0.717, 1.165) is 16.7 Å². The van der Waals surface area contributed by atoms with Crippen LogP contribution in [0.4, 0.5) is 13.2 Å². The first-order chi connectivity index (χ1) is 17.0. The molecule has 1 amide bonds. The lowest BCUT2D eigenvalue weighted by molar-refractivity contribution is -0.137. The molecule has 4 aromatic rings. The minimum atomic E-state index is -4.59. The summed E-state index contributed by atoms with van der Waals surface area (Å²) in [6.45, 7) is 1.27. The van der Waals surface area contributed by atoms with E-state index in [9.17, 15) is 22.8 Å². The van der Waals surface area contributed by atoms with Gasteiger partial charge in [0.25, 0.3) is 0 Å². The Morgan fingerprint density at radius 3 is 2.39 bits per heavy atom. The molecule has 184 valence electrons. The van der Waals surface area contributed by atoms with Crippen molar-refractivity contribution in [3.8, 4) is 28.8 Å². The molecule has 0 atom stereocenters. The van der Waals surface area contributed by atoms with Crippen molar-refractivity contribution >= 4 is 5.91 Å². The second kappa shape index (κ2) is 9.22. The summed E-state index contributed by atoms with van der Waals surface area (Å²) in [4.78, 5) is 27.5. The fourth-order valence-electron chi connectivity index (χ4n) is 3.90. The number of imidazole rings is 1. The first kappa shape index (κ1) is 24.5. The van der Waals surface area contributed by atoms with E-state index in [0.29, 0.717) is 28.3 Å². The van der Waals surface area contributed by atoms with Crippen LogP contribution >= 0.6 is 0 Å². The lowest BCUT2D eigenvalue weighted by atomic mass is 10.1. The molecule has 0 aliphatic heterocycles. The molecular weight excluding hydrogens is 473 g/mol. The van der Waals surface area contributed by atoms with E-state index < -0.39 is 17.4 Å². The van der Waals surface area contributed by atoms with E-state index in [2.05, 4.69) is 5.10 Å². The second-order valence-corrected chi connectivity index (χ2v) is 8.26. The summed E-state index contributed by atoms with van der Waals surface area (Å²) >= 11 is 0. The van der Waals surface area contributed by atoms with Gasteiger partial charge in [-0.25, -0.2) is 9.48 Å². The number of benzene rings is 2. The number of aromatic nitrogens is 4. The van der Waals surface area contributed by atoms with E-state index in [1.165, 1.54) is 32.5 Å². The van der Waals surface area contributed by atoms with Gasteiger partial charge in [0.05, 0.1) is 51.8 Å². The van der Waals surface area contributed by atoms with Crippen LogP contribution < -0.4 is 5.69 Å². The van der Waals surface area contributed by atoms with Crippen LogP contribution in [0, 0.1) is 18.3 Å². The first-order valence-corrected chi connectivity index (χ1v) is 10.8. The summed E-state index contributed by atoms with van der Waals surface area (Å²) in [5, 5.41) is 13.4. The number of carbonyl (C=O) groups excluding carboxylic acids is 1. The maximum absolute atomic E-state index is 13.6. The molecule has 2 aromatic carbocycles. The van der Waals surface area contributed by atoms with Crippen molar-refractivity contribution in [1.29, 1.82) is 5.26 Å². The molecule has 8 nitrogen and oxygen atoms in total. The molecular formula is C25H21F3N6O2. The number of likely N-dealkylation sites (N-methyl/N-ethyl adjacent to an activating group) is 1. The molecule has 0 bridgehead atoms. The van der Waals surface area contributed by atoms with Gasteiger partial charge in [0, 0.05) is 14.1 Å². The standard InChI is InChI=1S/C25H21F3N6O2/c1-16-23(21-11-12-30-34(21)19-9-7-17(14-29)8-10-19)32(15-22(35)31(2)3)24(36)33(16)20-6-4-5-18(13-20)25(26,27)28/h4-13H,15H2,1-3H3. The van der Waals surface area contributed by atoms with Crippen LogP contribution in [-0.2, 0) is 17.5 Å². The third kappa shape index (κ3) is 4.40. The predicted octanol–water partition coefficient (Wildman–Crippen LogP) is 3.78. The van der Waals surface area contributed by atoms with Crippen LogP contribution in [0.1, 0.15) is 16.8 Å². The molecule has 0 saturated carbocycles. The first-order valence-electron chi connectivity index (χ1n) is 10.8. The summed E-state index contributed by atoms with van der Waals surface area (Å²) < 4.78 is 44.0. The number of hydrogen-bond donors (Lipinski definition) is 0. The Labute approximate surface area is 204 Å². The normalized spacial score (nSPS) is 11.4. The van der Waals surface area contributed by atoms with Crippen molar-refractivity contribution in [2.24, 2.45) is 0 Å². The topological polar surface area (TPSA) is 88.8 Å². The van der Waals surface area contributed by atoms with Gasteiger partial charge in [-0.2, -0.15) is 23.5 Å². The molecule has 0 radical (unpaired) electrons. The number of amides is 1. The largest absolute Gasteiger partial charge is 0.416 e. The number of nitriles is 1. The molecule has 0 N–H and O–H groups in total. The van der Waals surface area contributed by atoms with Gasteiger partial charge in [0.2, 0.25) is 5.91 Å². The number of hydrogen-bond acceptors (Lipinski definition) is 4. The van der Waals surface area contributed by atoms with Gasteiger partial charge >= 0.3 is 11.9 Å². The van der Waals surface area contributed by atoms with Gasteiger partial charge in [-0.1, -0.05) is 6.07 Å². The summed E-state index contributed by atoms with van der Waals surface area (Å²) in [5.41, 5.74) is 0.625. The van der Waals surface area contributed by atoms with Crippen LogP contribution in [0.15, 0.2) is 65.6 Å². The number of nitrogens with zero attached hydrogens (tertiary/aromatic N) is 6. The average molecular weight is 494 g/mol. The minimum Gasteiger partial charge on any atom is -0.347 e. The summed E-state index contributed by atoms with van der Waals surface area (Å²) in [7, 11) is 3.09. The highest BCUT2D eigenvalue weighted by molar-refractivity contribution is 5.76.